The molecule has 0 fully saturated rings. The van der Waals surface area contributed by atoms with Gasteiger partial charge in [-0.25, -0.2) is 9.97 Å². The molecule has 0 unspecified atom stereocenters. The van der Waals surface area contributed by atoms with Gasteiger partial charge in [0, 0.05) is 5.38 Å². The molecule has 1 N–H and O–H groups in total. The summed E-state index contributed by atoms with van der Waals surface area (Å²) in [6.07, 6.45) is 1.33. The molecule has 1 aromatic carbocycles. The summed E-state index contributed by atoms with van der Waals surface area (Å²) in [5.41, 5.74) is 3.88. The zero-order chi connectivity index (χ0) is 19.8. The first-order valence-electron chi connectivity index (χ1n) is 8.53. The predicted octanol–water partition coefficient (Wildman–Crippen LogP) is 2.00. The average Bonchev–Trinajstić information content (AvgIpc) is 3.26. The van der Waals surface area contributed by atoms with Crippen LogP contribution >= 0.6 is 11.3 Å². The highest BCUT2D eigenvalue weighted by atomic mass is 32.1. The van der Waals surface area contributed by atoms with E-state index < -0.39 is 5.56 Å². The van der Waals surface area contributed by atoms with E-state index >= 15 is 0 Å². The highest BCUT2D eigenvalue weighted by molar-refractivity contribution is 7.13. The molecule has 9 nitrogen and oxygen atoms in total. The fourth-order valence-corrected chi connectivity index (χ4v) is 3.42. The molecule has 0 bridgehead atoms. The molecule has 10 heteroatoms. The van der Waals surface area contributed by atoms with Crippen LogP contribution in [0.3, 0.4) is 0 Å². The van der Waals surface area contributed by atoms with Gasteiger partial charge in [0.25, 0.3) is 5.56 Å². The fourth-order valence-electron chi connectivity index (χ4n) is 2.71. The van der Waals surface area contributed by atoms with Gasteiger partial charge in [-0.3, -0.25) is 14.2 Å². The van der Waals surface area contributed by atoms with Crippen molar-refractivity contribution in [2.45, 2.75) is 27.3 Å². The third-order valence-corrected chi connectivity index (χ3v) is 5.22. The second kappa shape index (κ2) is 6.97. The van der Waals surface area contributed by atoms with Crippen molar-refractivity contribution in [3.8, 4) is 5.69 Å². The van der Waals surface area contributed by atoms with Gasteiger partial charge < -0.3 is 5.32 Å². The SMILES string of the molecule is Cc1csc(NC(=O)Cn2cnc3c(nnn3-c3ccc(C)c(C)c3)c2=O)n1. The Hall–Kier alpha value is -3.40. The second-order valence-corrected chi connectivity index (χ2v) is 7.32. The first-order valence-corrected chi connectivity index (χ1v) is 9.41. The van der Waals surface area contributed by atoms with E-state index in [0.29, 0.717) is 10.8 Å². The maximum atomic E-state index is 12.7. The Kier molecular flexibility index (Phi) is 4.47. The lowest BCUT2D eigenvalue weighted by molar-refractivity contribution is -0.116. The number of fused-ring (bicyclic) bond motifs is 1. The third-order valence-electron chi connectivity index (χ3n) is 4.34. The minimum Gasteiger partial charge on any atom is -0.300 e. The van der Waals surface area contributed by atoms with E-state index in [1.165, 1.54) is 26.9 Å². The Bertz CT molecular complexity index is 1250. The molecule has 1 amide bonds. The molecule has 0 aliphatic carbocycles. The molecule has 0 atom stereocenters. The number of benzene rings is 1. The maximum absolute atomic E-state index is 12.7. The maximum Gasteiger partial charge on any atom is 0.284 e. The lowest BCUT2D eigenvalue weighted by Gasteiger charge is -2.06. The van der Waals surface area contributed by atoms with Crippen LogP contribution in [0, 0.1) is 20.8 Å². The first kappa shape index (κ1) is 18.0. The summed E-state index contributed by atoms with van der Waals surface area (Å²) in [5, 5.41) is 13.0. The number of anilines is 1. The Morgan fingerprint density at radius 1 is 1.21 bits per heavy atom. The Balaban J connectivity index is 1.63. The molecule has 0 spiro atoms. The largest absolute Gasteiger partial charge is 0.300 e. The number of hydrogen-bond donors (Lipinski definition) is 1. The van der Waals surface area contributed by atoms with Crippen molar-refractivity contribution in [2.75, 3.05) is 5.32 Å². The Labute approximate surface area is 163 Å². The van der Waals surface area contributed by atoms with Crippen LogP contribution in [-0.4, -0.2) is 35.4 Å². The summed E-state index contributed by atoms with van der Waals surface area (Å²) in [5.74, 6) is -0.362. The number of hydrogen-bond acceptors (Lipinski definition) is 7. The van der Waals surface area contributed by atoms with Crippen LogP contribution in [0.2, 0.25) is 0 Å². The number of rotatable bonds is 4. The second-order valence-electron chi connectivity index (χ2n) is 6.46. The number of carbonyl (C=O) groups is 1. The van der Waals surface area contributed by atoms with Gasteiger partial charge in [0.1, 0.15) is 12.9 Å². The van der Waals surface area contributed by atoms with E-state index in [-0.39, 0.29) is 18.0 Å². The molecule has 142 valence electrons. The van der Waals surface area contributed by atoms with Crippen molar-refractivity contribution < 1.29 is 4.79 Å². The topological polar surface area (TPSA) is 108 Å². The minimum atomic E-state index is -0.425. The van der Waals surface area contributed by atoms with Gasteiger partial charge in [0.15, 0.2) is 16.3 Å². The molecule has 0 saturated carbocycles. The van der Waals surface area contributed by atoms with Gasteiger partial charge in [-0.1, -0.05) is 11.3 Å². The normalized spacial score (nSPS) is 11.1. The van der Waals surface area contributed by atoms with Crippen LogP contribution in [0.25, 0.3) is 16.9 Å². The number of nitrogens with one attached hydrogen (secondary N) is 1. The summed E-state index contributed by atoms with van der Waals surface area (Å²) < 4.78 is 2.73. The average molecular weight is 395 g/mol. The molecule has 4 aromatic rings. The molecular weight excluding hydrogens is 378 g/mol. The van der Waals surface area contributed by atoms with E-state index in [1.54, 1.807) is 0 Å². The summed E-state index contributed by atoms with van der Waals surface area (Å²) >= 11 is 1.33. The van der Waals surface area contributed by atoms with Crippen LogP contribution < -0.4 is 10.9 Å². The molecular formula is C18H17N7O2S. The van der Waals surface area contributed by atoms with E-state index in [2.05, 4.69) is 25.6 Å². The zero-order valence-electron chi connectivity index (χ0n) is 15.5. The molecule has 3 aromatic heterocycles. The number of thiazole rings is 1. The number of nitrogens with zero attached hydrogens (tertiary/aromatic N) is 6. The van der Waals surface area contributed by atoms with Crippen molar-refractivity contribution in [1.82, 2.24) is 29.5 Å². The van der Waals surface area contributed by atoms with E-state index in [0.717, 1.165) is 22.5 Å². The highest BCUT2D eigenvalue weighted by Gasteiger charge is 2.15. The Morgan fingerprint density at radius 2 is 2.04 bits per heavy atom. The summed E-state index contributed by atoms with van der Waals surface area (Å²) in [4.78, 5) is 33.4. The highest BCUT2D eigenvalue weighted by Crippen LogP contribution is 2.16. The predicted molar refractivity (Wildman–Crippen MR) is 106 cm³/mol. The summed E-state index contributed by atoms with van der Waals surface area (Å²) in [6.45, 7) is 5.68. The quantitative estimate of drug-likeness (QED) is 0.566. The lowest BCUT2D eigenvalue weighted by atomic mass is 10.1. The van der Waals surface area contributed by atoms with E-state index in [4.69, 9.17) is 0 Å². The van der Waals surface area contributed by atoms with Crippen molar-refractivity contribution in [2.24, 2.45) is 0 Å². The van der Waals surface area contributed by atoms with Gasteiger partial charge in [0.05, 0.1) is 11.4 Å². The number of aromatic nitrogens is 6. The Morgan fingerprint density at radius 3 is 2.75 bits per heavy atom. The molecule has 0 saturated heterocycles. The van der Waals surface area contributed by atoms with Crippen LogP contribution in [0.5, 0.6) is 0 Å². The molecule has 0 radical (unpaired) electrons. The van der Waals surface area contributed by atoms with Gasteiger partial charge in [-0.2, -0.15) is 4.68 Å². The molecule has 28 heavy (non-hydrogen) atoms. The first-order chi connectivity index (χ1) is 13.4. The fraction of sp³-hybridized carbons (Fsp3) is 0.222. The standard InChI is InChI=1S/C18H17N7O2S/c1-10-4-5-13(6-11(10)2)25-16-15(22-23-25)17(27)24(9-19-16)7-14(26)21-18-20-12(3)8-28-18/h4-6,8-9H,7H2,1-3H3,(H,20,21,26). The van der Waals surface area contributed by atoms with Crippen molar-refractivity contribution in [3.63, 3.8) is 0 Å². The van der Waals surface area contributed by atoms with Crippen molar-refractivity contribution in [1.29, 1.82) is 0 Å². The minimum absolute atomic E-state index is 0.110. The number of amides is 1. The number of carbonyl (C=O) groups excluding carboxylic acids is 1. The van der Waals surface area contributed by atoms with Crippen LogP contribution in [0.15, 0.2) is 34.7 Å². The van der Waals surface area contributed by atoms with Crippen LogP contribution in [0.4, 0.5) is 5.13 Å². The molecule has 4 rings (SSSR count). The zero-order valence-corrected chi connectivity index (χ0v) is 16.3. The summed E-state index contributed by atoms with van der Waals surface area (Å²) in [6, 6.07) is 5.83. The molecule has 0 aliphatic rings. The summed E-state index contributed by atoms with van der Waals surface area (Å²) in [7, 11) is 0. The van der Waals surface area contributed by atoms with Crippen LogP contribution in [-0.2, 0) is 11.3 Å². The van der Waals surface area contributed by atoms with Crippen LogP contribution in [0.1, 0.15) is 16.8 Å². The van der Waals surface area contributed by atoms with E-state index in [1.807, 2.05) is 44.4 Å². The van der Waals surface area contributed by atoms with E-state index in [9.17, 15) is 9.59 Å². The van der Waals surface area contributed by atoms with Gasteiger partial charge in [-0.05, 0) is 44.0 Å². The van der Waals surface area contributed by atoms with Gasteiger partial charge in [-0.15, -0.1) is 16.4 Å². The lowest BCUT2D eigenvalue weighted by Crippen LogP contribution is -2.28. The molecule has 3 heterocycles. The third kappa shape index (κ3) is 3.29. The monoisotopic (exact) mass is 395 g/mol. The van der Waals surface area contributed by atoms with Crippen molar-refractivity contribution >= 4 is 33.5 Å². The number of aryl methyl sites for hydroxylation is 3. The smallest absolute Gasteiger partial charge is 0.284 e. The van der Waals surface area contributed by atoms with Gasteiger partial charge >= 0.3 is 0 Å². The van der Waals surface area contributed by atoms with Crippen molar-refractivity contribution in [3.05, 3.63) is 57.1 Å². The molecule has 0 aliphatic heterocycles. The van der Waals surface area contributed by atoms with Gasteiger partial charge in [0.2, 0.25) is 5.91 Å².